The molecule has 1 heterocycles. The van der Waals surface area contributed by atoms with E-state index in [1.165, 1.54) is 11.6 Å². The Labute approximate surface area is 172 Å². The van der Waals surface area contributed by atoms with Crippen molar-refractivity contribution in [1.82, 2.24) is 5.32 Å². The predicted octanol–water partition coefficient (Wildman–Crippen LogP) is 3.75. The molecule has 0 fully saturated rings. The first kappa shape index (κ1) is 21.0. The second kappa shape index (κ2) is 9.22. The van der Waals surface area contributed by atoms with Crippen molar-refractivity contribution >= 4 is 27.5 Å². The summed E-state index contributed by atoms with van der Waals surface area (Å²) in [6, 6.07) is 17.0. The van der Waals surface area contributed by atoms with E-state index in [1.807, 2.05) is 32.0 Å². The minimum Gasteiger partial charge on any atom is -0.354 e. The summed E-state index contributed by atoms with van der Waals surface area (Å²) in [5, 5.41) is 6.11. The van der Waals surface area contributed by atoms with Gasteiger partial charge in [0.25, 0.3) is 10.0 Å². The number of carbonyl (C=O) groups excluding carboxylic acids is 1. The first-order valence-corrected chi connectivity index (χ1v) is 11.3. The van der Waals surface area contributed by atoms with Crippen LogP contribution in [0.2, 0.25) is 0 Å². The van der Waals surface area contributed by atoms with E-state index in [1.54, 1.807) is 18.2 Å². The smallest absolute Gasteiger partial charge is 0.286 e. The third-order valence-electron chi connectivity index (χ3n) is 4.87. The summed E-state index contributed by atoms with van der Waals surface area (Å²) >= 11 is 0. The Morgan fingerprint density at radius 1 is 1.07 bits per heavy atom. The van der Waals surface area contributed by atoms with Crippen molar-refractivity contribution in [2.45, 2.75) is 50.5 Å². The third-order valence-corrected chi connectivity index (χ3v) is 6.24. The summed E-state index contributed by atoms with van der Waals surface area (Å²) in [6.45, 7) is 3.92. The van der Waals surface area contributed by atoms with Gasteiger partial charge in [0.15, 0.2) is 0 Å². The maximum Gasteiger partial charge on any atom is 0.286 e. The average Bonchev–Trinajstić information content (AvgIpc) is 2.66. The molecule has 154 valence electrons. The molecule has 2 unspecified atom stereocenters. The van der Waals surface area contributed by atoms with Crippen LogP contribution in [0, 0.1) is 5.92 Å². The number of rotatable bonds is 8. The van der Waals surface area contributed by atoms with E-state index in [0.717, 1.165) is 12.8 Å². The third kappa shape index (κ3) is 5.90. The Balaban J connectivity index is 1.48. The Kier molecular flexibility index (Phi) is 6.69. The highest BCUT2D eigenvalue weighted by atomic mass is 32.2. The number of para-hydroxylation sites is 1. The fraction of sp³-hybridized carbons (Fsp3) is 0.364. The Morgan fingerprint density at radius 3 is 2.52 bits per heavy atom. The van der Waals surface area contributed by atoms with Crippen LogP contribution >= 0.6 is 0 Å². The summed E-state index contributed by atoms with van der Waals surface area (Å²) in [5.41, 5.74) is 1.79. The fourth-order valence-corrected chi connectivity index (χ4v) is 4.56. The maximum atomic E-state index is 12.4. The Bertz CT molecular complexity index is 987. The van der Waals surface area contributed by atoms with Crippen molar-refractivity contribution in [2.75, 3.05) is 5.32 Å². The highest BCUT2D eigenvalue weighted by molar-refractivity contribution is 7.90. The summed E-state index contributed by atoms with van der Waals surface area (Å²) < 4.78 is 28.5. The number of sulfonamides is 1. The minimum atomic E-state index is -3.69. The van der Waals surface area contributed by atoms with Gasteiger partial charge in [-0.15, -0.1) is 4.40 Å². The van der Waals surface area contributed by atoms with Crippen LogP contribution in [0.3, 0.4) is 0 Å². The number of carbonyl (C=O) groups is 1. The molecule has 0 aromatic heterocycles. The quantitative estimate of drug-likeness (QED) is 0.690. The standard InChI is InChI=1S/C22H27N3O3S/c1-16(14-21-24-19-10-6-7-11-20(19)29(27,28)25-21)15-22(26)23-17(2)12-13-18-8-4-3-5-9-18/h3-11,16-17H,12-15H2,1-2H3,(H,23,26)(H,24,25). The van der Waals surface area contributed by atoms with E-state index in [0.29, 0.717) is 24.4 Å². The molecule has 0 aliphatic carbocycles. The number of aryl methyl sites for hydroxylation is 1. The monoisotopic (exact) mass is 413 g/mol. The largest absolute Gasteiger partial charge is 0.354 e. The van der Waals surface area contributed by atoms with Gasteiger partial charge in [-0.2, -0.15) is 8.42 Å². The summed E-state index contributed by atoms with van der Waals surface area (Å²) in [7, 11) is -3.69. The lowest BCUT2D eigenvalue weighted by molar-refractivity contribution is -0.122. The number of fused-ring (bicyclic) bond motifs is 1. The highest BCUT2D eigenvalue weighted by Gasteiger charge is 2.25. The van der Waals surface area contributed by atoms with Crippen LogP contribution in [0.1, 0.15) is 38.7 Å². The van der Waals surface area contributed by atoms with Crippen LogP contribution in [0.15, 0.2) is 63.9 Å². The average molecular weight is 414 g/mol. The molecule has 6 nitrogen and oxygen atoms in total. The normalized spacial score (nSPS) is 16.7. The summed E-state index contributed by atoms with van der Waals surface area (Å²) in [4.78, 5) is 12.5. The van der Waals surface area contributed by atoms with Crippen molar-refractivity contribution in [2.24, 2.45) is 10.3 Å². The second-order valence-corrected chi connectivity index (χ2v) is 9.21. The van der Waals surface area contributed by atoms with E-state index in [-0.39, 0.29) is 22.8 Å². The van der Waals surface area contributed by atoms with Gasteiger partial charge in [0.05, 0.1) is 5.69 Å². The van der Waals surface area contributed by atoms with Gasteiger partial charge in [0.1, 0.15) is 10.7 Å². The number of anilines is 1. The van der Waals surface area contributed by atoms with E-state index >= 15 is 0 Å². The summed E-state index contributed by atoms with van der Waals surface area (Å²) in [5.74, 6) is 0.307. The molecule has 1 amide bonds. The number of amidine groups is 1. The molecule has 0 saturated heterocycles. The van der Waals surface area contributed by atoms with Crippen LogP contribution in [0.4, 0.5) is 5.69 Å². The molecule has 2 aromatic rings. The number of nitrogens with zero attached hydrogens (tertiary/aromatic N) is 1. The molecule has 2 N–H and O–H groups in total. The predicted molar refractivity (Wildman–Crippen MR) is 115 cm³/mol. The zero-order valence-corrected chi connectivity index (χ0v) is 17.6. The maximum absolute atomic E-state index is 12.4. The summed E-state index contributed by atoms with van der Waals surface area (Å²) in [6.07, 6.45) is 2.49. The SMILES string of the molecule is CC(CC(=O)NC(C)CCc1ccccc1)CC1=NS(=O)(=O)c2ccccc2N1. The van der Waals surface area contributed by atoms with Gasteiger partial charge < -0.3 is 10.6 Å². The van der Waals surface area contributed by atoms with Crippen LogP contribution in [0.5, 0.6) is 0 Å². The molecule has 29 heavy (non-hydrogen) atoms. The van der Waals surface area contributed by atoms with Gasteiger partial charge in [-0.05, 0) is 43.4 Å². The lowest BCUT2D eigenvalue weighted by Gasteiger charge is -2.21. The Morgan fingerprint density at radius 2 is 1.76 bits per heavy atom. The molecule has 0 spiro atoms. The van der Waals surface area contributed by atoms with E-state index in [4.69, 9.17) is 0 Å². The van der Waals surface area contributed by atoms with Gasteiger partial charge in [0.2, 0.25) is 5.91 Å². The molecule has 3 rings (SSSR count). The second-order valence-electron chi connectivity index (χ2n) is 7.64. The number of benzene rings is 2. The molecular weight excluding hydrogens is 386 g/mol. The first-order valence-electron chi connectivity index (χ1n) is 9.86. The molecule has 0 saturated carbocycles. The zero-order chi connectivity index (χ0) is 20.9. The van der Waals surface area contributed by atoms with Crippen molar-refractivity contribution in [1.29, 1.82) is 0 Å². The van der Waals surface area contributed by atoms with E-state index in [2.05, 4.69) is 27.2 Å². The zero-order valence-electron chi connectivity index (χ0n) is 16.8. The van der Waals surface area contributed by atoms with Crippen LogP contribution < -0.4 is 10.6 Å². The number of amides is 1. The molecule has 1 aliphatic rings. The molecule has 2 aromatic carbocycles. The highest BCUT2D eigenvalue weighted by Crippen LogP contribution is 2.28. The van der Waals surface area contributed by atoms with Crippen molar-refractivity contribution < 1.29 is 13.2 Å². The molecular formula is C22H27N3O3S. The van der Waals surface area contributed by atoms with Crippen molar-refractivity contribution in [3.05, 3.63) is 60.2 Å². The molecule has 1 aliphatic heterocycles. The Hall–Kier alpha value is -2.67. The number of hydrogen-bond acceptors (Lipinski definition) is 4. The minimum absolute atomic E-state index is 0.0299. The van der Waals surface area contributed by atoms with Gasteiger partial charge in [-0.25, -0.2) is 0 Å². The molecule has 0 radical (unpaired) electrons. The van der Waals surface area contributed by atoms with Crippen LogP contribution in [-0.2, 0) is 21.2 Å². The fourth-order valence-electron chi connectivity index (χ4n) is 3.41. The molecule has 0 bridgehead atoms. The first-order chi connectivity index (χ1) is 13.8. The number of nitrogens with one attached hydrogen (secondary N) is 2. The lowest BCUT2D eigenvalue weighted by atomic mass is 10.0. The topological polar surface area (TPSA) is 87.6 Å². The molecule has 2 atom stereocenters. The van der Waals surface area contributed by atoms with Gasteiger partial charge >= 0.3 is 0 Å². The van der Waals surface area contributed by atoms with Crippen molar-refractivity contribution in [3.63, 3.8) is 0 Å². The van der Waals surface area contributed by atoms with Crippen molar-refractivity contribution in [3.8, 4) is 0 Å². The van der Waals surface area contributed by atoms with Crippen LogP contribution in [-0.4, -0.2) is 26.2 Å². The lowest BCUT2D eigenvalue weighted by Crippen LogP contribution is -2.34. The van der Waals surface area contributed by atoms with Gasteiger partial charge in [0, 0.05) is 18.9 Å². The number of hydrogen-bond donors (Lipinski definition) is 2. The van der Waals surface area contributed by atoms with Gasteiger partial charge in [-0.1, -0.05) is 49.4 Å². The van der Waals surface area contributed by atoms with Gasteiger partial charge in [-0.3, -0.25) is 4.79 Å². The van der Waals surface area contributed by atoms with E-state index in [9.17, 15) is 13.2 Å². The van der Waals surface area contributed by atoms with Crippen LogP contribution in [0.25, 0.3) is 0 Å². The van der Waals surface area contributed by atoms with E-state index < -0.39 is 10.0 Å². The molecule has 7 heteroatoms.